The fourth-order valence-electron chi connectivity index (χ4n) is 4.51. The van der Waals surface area contributed by atoms with Crippen molar-refractivity contribution >= 4 is 27.5 Å². The normalized spacial score (nSPS) is 17.6. The molecule has 0 amide bonds. The van der Waals surface area contributed by atoms with E-state index < -0.39 is 5.97 Å². The molecule has 1 fully saturated rings. The molecule has 1 aromatic heterocycles. The van der Waals surface area contributed by atoms with E-state index in [0.717, 1.165) is 45.1 Å². The Morgan fingerprint density at radius 3 is 2.64 bits per heavy atom. The number of hydrogen-bond donors (Lipinski definition) is 1. The Balaban J connectivity index is 1.54. The highest BCUT2D eigenvalue weighted by molar-refractivity contribution is 7.18. The maximum Gasteiger partial charge on any atom is 0.307 e. The summed E-state index contributed by atoms with van der Waals surface area (Å²) in [6, 6.07) is 26.2. The van der Waals surface area contributed by atoms with Gasteiger partial charge in [-0.1, -0.05) is 60.7 Å². The molecule has 0 aliphatic carbocycles. The maximum atomic E-state index is 11.8. The number of thiazole rings is 1. The second-order valence-electron chi connectivity index (χ2n) is 8.41. The molecule has 0 saturated carbocycles. The minimum atomic E-state index is -0.726. The summed E-state index contributed by atoms with van der Waals surface area (Å²) in [6.45, 7) is 1.81. The number of carbonyl (C=O) groups is 1. The van der Waals surface area contributed by atoms with Gasteiger partial charge in [-0.15, -0.1) is 11.3 Å². The lowest BCUT2D eigenvalue weighted by Gasteiger charge is -2.36. The second kappa shape index (κ2) is 9.73. The lowest BCUT2D eigenvalue weighted by Crippen LogP contribution is -2.41. The van der Waals surface area contributed by atoms with Gasteiger partial charge >= 0.3 is 5.97 Å². The Labute approximate surface area is 197 Å². The number of aliphatic carboxylic acids is 1. The van der Waals surface area contributed by atoms with E-state index in [9.17, 15) is 9.90 Å². The molecule has 1 N–H and O–H groups in total. The molecule has 5 nitrogen and oxygen atoms in total. The van der Waals surface area contributed by atoms with Crippen molar-refractivity contribution in [3.05, 3.63) is 95.0 Å². The van der Waals surface area contributed by atoms with Crippen LogP contribution in [0.25, 0.3) is 10.2 Å². The summed E-state index contributed by atoms with van der Waals surface area (Å²) < 4.78 is 7.43. The van der Waals surface area contributed by atoms with E-state index in [0.29, 0.717) is 19.6 Å². The number of para-hydroxylation sites is 2. The van der Waals surface area contributed by atoms with Crippen LogP contribution in [-0.4, -0.2) is 34.0 Å². The summed E-state index contributed by atoms with van der Waals surface area (Å²) in [4.78, 5) is 19.0. The molecule has 0 spiro atoms. The number of carboxylic acids is 1. The van der Waals surface area contributed by atoms with Crippen LogP contribution in [0.15, 0.2) is 78.9 Å². The van der Waals surface area contributed by atoms with Crippen LogP contribution in [0.1, 0.15) is 35.0 Å². The van der Waals surface area contributed by atoms with Crippen molar-refractivity contribution in [2.75, 3.05) is 13.1 Å². The first-order chi connectivity index (χ1) is 16.2. The van der Waals surface area contributed by atoms with Crippen molar-refractivity contribution in [1.29, 1.82) is 0 Å². The van der Waals surface area contributed by atoms with Crippen molar-refractivity contribution in [2.24, 2.45) is 5.92 Å². The topological polar surface area (TPSA) is 62.7 Å². The van der Waals surface area contributed by atoms with Gasteiger partial charge in [0.25, 0.3) is 0 Å². The number of fused-ring (bicyclic) bond motifs is 1. The van der Waals surface area contributed by atoms with Crippen molar-refractivity contribution in [1.82, 2.24) is 9.88 Å². The number of hydrogen-bond acceptors (Lipinski definition) is 5. The lowest BCUT2D eigenvalue weighted by molar-refractivity contribution is -0.143. The summed E-state index contributed by atoms with van der Waals surface area (Å²) in [7, 11) is 0. The Bertz CT molecular complexity index is 1210. The highest BCUT2D eigenvalue weighted by Crippen LogP contribution is 2.40. The molecular formula is C27H26N2O3S. The van der Waals surface area contributed by atoms with E-state index >= 15 is 0 Å². The van der Waals surface area contributed by atoms with Gasteiger partial charge in [0.15, 0.2) is 0 Å². The maximum absolute atomic E-state index is 11.8. The Morgan fingerprint density at radius 2 is 1.82 bits per heavy atom. The van der Waals surface area contributed by atoms with Crippen LogP contribution in [0, 0.1) is 5.92 Å². The van der Waals surface area contributed by atoms with Crippen LogP contribution < -0.4 is 4.74 Å². The highest BCUT2D eigenvalue weighted by atomic mass is 32.1. The lowest BCUT2D eigenvalue weighted by atomic mass is 9.94. The Morgan fingerprint density at radius 1 is 1.06 bits per heavy atom. The smallest absolute Gasteiger partial charge is 0.307 e. The first-order valence-electron chi connectivity index (χ1n) is 11.3. The molecule has 0 bridgehead atoms. The van der Waals surface area contributed by atoms with Gasteiger partial charge in [0.1, 0.15) is 17.4 Å². The number of ether oxygens (including phenoxy) is 1. The molecule has 1 aliphatic rings. The molecule has 0 radical (unpaired) electrons. The van der Waals surface area contributed by atoms with E-state index in [1.165, 1.54) is 0 Å². The standard InChI is InChI=1S/C27H26N2O3S/c30-27(31)20-11-8-16-29(17-20)25(26-28-22-13-5-7-15-24(22)33-26)21-12-4-6-14-23(21)32-18-19-9-2-1-3-10-19/h1-7,9-10,12-15,20,25H,8,11,16-18H2,(H,30,31). The van der Waals surface area contributed by atoms with Crippen LogP contribution >= 0.6 is 11.3 Å². The first kappa shape index (κ1) is 21.6. The van der Waals surface area contributed by atoms with Gasteiger partial charge in [-0.25, -0.2) is 4.98 Å². The van der Waals surface area contributed by atoms with Crippen molar-refractivity contribution < 1.29 is 14.6 Å². The third kappa shape index (κ3) is 4.77. The summed E-state index contributed by atoms with van der Waals surface area (Å²) in [5.74, 6) is -0.285. The van der Waals surface area contributed by atoms with Gasteiger partial charge in [0.2, 0.25) is 0 Å². The minimum Gasteiger partial charge on any atom is -0.489 e. The minimum absolute atomic E-state index is 0.156. The predicted octanol–water partition coefficient (Wildman–Crippen LogP) is 5.76. The van der Waals surface area contributed by atoms with E-state index in [1.807, 2.05) is 54.6 Å². The fourth-order valence-corrected chi connectivity index (χ4v) is 5.63. The average molecular weight is 459 g/mol. The van der Waals surface area contributed by atoms with Crippen LogP contribution in [0.4, 0.5) is 0 Å². The Hall–Kier alpha value is -3.22. The van der Waals surface area contributed by atoms with E-state index in [1.54, 1.807) is 11.3 Å². The molecule has 1 aliphatic heterocycles. The van der Waals surface area contributed by atoms with Gasteiger partial charge in [-0.2, -0.15) is 0 Å². The van der Waals surface area contributed by atoms with E-state index in [-0.39, 0.29) is 12.0 Å². The van der Waals surface area contributed by atoms with Gasteiger partial charge in [0, 0.05) is 12.1 Å². The summed E-state index contributed by atoms with van der Waals surface area (Å²) >= 11 is 1.67. The number of carboxylic acid groups (broad SMARTS) is 1. The number of rotatable bonds is 7. The van der Waals surface area contributed by atoms with E-state index in [2.05, 4.69) is 29.2 Å². The van der Waals surface area contributed by atoms with Gasteiger partial charge in [-0.3, -0.25) is 9.69 Å². The van der Waals surface area contributed by atoms with Crippen molar-refractivity contribution in [2.45, 2.75) is 25.5 Å². The van der Waals surface area contributed by atoms with Gasteiger partial charge in [0.05, 0.1) is 22.2 Å². The monoisotopic (exact) mass is 458 g/mol. The Kier molecular flexibility index (Phi) is 6.37. The molecule has 2 unspecified atom stereocenters. The fraction of sp³-hybridized carbons (Fsp3) is 0.259. The molecule has 33 heavy (non-hydrogen) atoms. The highest BCUT2D eigenvalue weighted by Gasteiger charge is 2.34. The van der Waals surface area contributed by atoms with Crippen LogP contribution in [0.5, 0.6) is 5.75 Å². The van der Waals surface area contributed by atoms with Crippen LogP contribution in [-0.2, 0) is 11.4 Å². The number of nitrogens with zero attached hydrogens (tertiary/aromatic N) is 2. The zero-order valence-electron chi connectivity index (χ0n) is 18.3. The third-order valence-electron chi connectivity index (χ3n) is 6.16. The van der Waals surface area contributed by atoms with Crippen molar-refractivity contribution in [3.8, 4) is 5.75 Å². The number of likely N-dealkylation sites (tertiary alicyclic amines) is 1. The SMILES string of the molecule is O=C(O)C1CCCN(C(c2nc3ccccc3s2)c2ccccc2OCc2ccccc2)C1. The number of benzene rings is 3. The molecule has 1 saturated heterocycles. The summed E-state index contributed by atoms with van der Waals surface area (Å²) in [5, 5.41) is 10.7. The number of piperidine rings is 1. The number of aromatic nitrogens is 1. The molecule has 168 valence electrons. The van der Waals surface area contributed by atoms with Crippen LogP contribution in [0.3, 0.4) is 0 Å². The second-order valence-corrected chi connectivity index (χ2v) is 9.47. The first-order valence-corrected chi connectivity index (χ1v) is 12.1. The quantitative estimate of drug-likeness (QED) is 0.381. The molecule has 2 heterocycles. The molecule has 3 aromatic carbocycles. The van der Waals surface area contributed by atoms with Gasteiger partial charge in [-0.05, 0) is 43.1 Å². The zero-order chi connectivity index (χ0) is 22.6. The zero-order valence-corrected chi connectivity index (χ0v) is 19.1. The molecule has 5 rings (SSSR count). The molecule has 4 aromatic rings. The average Bonchev–Trinajstić information content (AvgIpc) is 3.28. The molecule has 6 heteroatoms. The van der Waals surface area contributed by atoms with Crippen molar-refractivity contribution in [3.63, 3.8) is 0 Å². The van der Waals surface area contributed by atoms with Crippen LogP contribution in [0.2, 0.25) is 0 Å². The largest absolute Gasteiger partial charge is 0.489 e. The summed E-state index contributed by atoms with van der Waals surface area (Å²) in [5.41, 5.74) is 3.10. The molecular weight excluding hydrogens is 432 g/mol. The predicted molar refractivity (Wildman–Crippen MR) is 131 cm³/mol. The summed E-state index contributed by atoms with van der Waals surface area (Å²) in [6.07, 6.45) is 1.57. The molecule has 2 atom stereocenters. The van der Waals surface area contributed by atoms with E-state index in [4.69, 9.17) is 9.72 Å². The van der Waals surface area contributed by atoms with Gasteiger partial charge < -0.3 is 9.84 Å². The third-order valence-corrected chi connectivity index (χ3v) is 7.25.